The molecule has 3 amide bonds. The number of carbonyl (C=O) groups excluding carboxylic acids is 3. The predicted octanol–water partition coefficient (Wildman–Crippen LogP) is 5.78. The summed E-state index contributed by atoms with van der Waals surface area (Å²) in [4.78, 5) is 39.7. The summed E-state index contributed by atoms with van der Waals surface area (Å²) in [5, 5.41) is 0. The number of alkyl halides is 6. The Bertz CT molecular complexity index is 1000. The van der Waals surface area contributed by atoms with Crippen LogP contribution in [0.4, 0.5) is 35.9 Å². The molecule has 7 nitrogen and oxygen atoms in total. The molecule has 2 aliphatic heterocycles. The molecule has 0 aliphatic carbocycles. The Kier molecular flexibility index (Phi) is 7.26. The highest BCUT2D eigenvalue weighted by atomic mass is 19.4. The molecule has 0 bridgehead atoms. The van der Waals surface area contributed by atoms with E-state index in [0.717, 1.165) is 0 Å². The fraction of sp³-hybridized carbons (Fsp3) is 0.609. The van der Waals surface area contributed by atoms with E-state index in [2.05, 4.69) is 0 Å². The van der Waals surface area contributed by atoms with Gasteiger partial charge in [-0.15, -0.1) is 0 Å². The van der Waals surface area contributed by atoms with Crippen molar-refractivity contribution in [2.24, 2.45) is 5.92 Å². The first-order chi connectivity index (χ1) is 16.4. The van der Waals surface area contributed by atoms with E-state index < -0.39 is 64.9 Å². The van der Waals surface area contributed by atoms with E-state index in [1.165, 1.54) is 11.8 Å². The van der Waals surface area contributed by atoms with Crippen LogP contribution in [0.2, 0.25) is 0 Å². The molecule has 3 rings (SSSR count). The number of halogens is 6. The molecule has 200 valence electrons. The summed E-state index contributed by atoms with van der Waals surface area (Å²) in [7, 11) is 0. The van der Waals surface area contributed by atoms with Crippen LogP contribution in [-0.2, 0) is 26.6 Å². The lowest BCUT2D eigenvalue weighted by atomic mass is 9.97. The Hall–Kier alpha value is -2.99. The third-order valence-electron chi connectivity index (χ3n) is 5.88. The first-order valence-corrected chi connectivity index (χ1v) is 11.2. The molecule has 0 aromatic heterocycles. The van der Waals surface area contributed by atoms with Gasteiger partial charge in [0.25, 0.3) is 0 Å². The number of carbonyl (C=O) groups is 3. The molecule has 0 spiro atoms. The lowest BCUT2D eigenvalue weighted by molar-refractivity contribution is -0.143. The number of benzene rings is 1. The highest BCUT2D eigenvalue weighted by molar-refractivity contribution is 5.94. The second kappa shape index (κ2) is 9.47. The maximum atomic E-state index is 13.2. The molecule has 0 radical (unpaired) electrons. The minimum Gasteiger partial charge on any atom is -0.444 e. The summed E-state index contributed by atoms with van der Waals surface area (Å²) in [5.41, 5.74) is -4.32. The fourth-order valence-corrected chi connectivity index (χ4v) is 4.22. The van der Waals surface area contributed by atoms with E-state index in [0.29, 0.717) is 30.0 Å². The third kappa shape index (κ3) is 6.22. The molecule has 2 heterocycles. The lowest BCUT2D eigenvalue weighted by Crippen LogP contribution is -2.39. The quantitative estimate of drug-likeness (QED) is 0.469. The Morgan fingerprint density at radius 1 is 1.03 bits per heavy atom. The van der Waals surface area contributed by atoms with E-state index in [-0.39, 0.29) is 24.9 Å². The van der Waals surface area contributed by atoms with Crippen molar-refractivity contribution in [3.05, 3.63) is 34.9 Å². The number of imide groups is 1. The van der Waals surface area contributed by atoms with Crippen LogP contribution < -0.4 is 0 Å². The average molecular weight is 524 g/mol. The smallest absolute Gasteiger partial charge is 0.417 e. The van der Waals surface area contributed by atoms with E-state index in [4.69, 9.17) is 9.47 Å². The average Bonchev–Trinajstić information content (AvgIpc) is 3.29. The van der Waals surface area contributed by atoms with Gasteiger partial charge in [-0.1, -0.05) is 0 Å². The number of hydrogen-bond donors (Lipinski definition) is 0. The summed E-state index contributed by atoms with van der Waals surface area (Å²) in [6, 6.07) is -0.219. The molecule has 0 N–H and O–H groups in total. The molecule has 1 aromatic rings. The number of rotatable bonds is 3. The Balaban J connectivity index is 1.74. The van der Waals surface area contributed by atoms with Crippen molar-refractivity contribution in [3.63, 3.8) is 0 Å². The van der Waals surface area contributed by atoms with Gasteiger partial charge in [0, 0.05) is 19.5 Å². The summed E-state index contributed by atoms with van der Waals surface area (Å²) >= 11 is 0. The lowest BCUT2D eigenvalue weighted by Gasteiger charge is -2.24. The van der Waals surface area contributed by atoms with Crippen LogP contribution in [0, 0.1) is 5.92 Å². The van der Waals surface area contributed by atoms with Crippen molar-refractivity contribution in [1.29, 1.82) is 0 Å². The fourth-order valence-electron chi connectivity index (χ4n) is 4.22. The Labute approximate surface area is 203 Å². The molecular weight excluding hydrogens is 498 g/mol. The molecule has 13 heteroatoms. The van der Waals surface area contributed by atoms with E-state index in [1.54, 1.807) is 20.8 Å². The van der Waals surface area contributed by atoms with Crippen LogP contribution in [0.1, 0.15) is 63.3 Å². The second-order valence-corrected chi connectivity index (χ2v) is 9.93. The van der Waals surface area contributed by atoms with Gasteiger partial charge in [-0.3, -0.25) is 4.79 Å². The Morgan fingerprint density at radius 2 is 1.58 bits per heavy atom. The Morgan fingerprint density at radius 3 is 2.08 bits per heavy atom. The van der Waals surface area contributed by atoms with Crippen molar-refractivity contribution in [3.8, 4) is 0 Å². The molecule has 0 unspecified atom stereocenters. The van der Waals surface area contributed by atoms with Gasteiger partial charge < -0.3 is 14.4 Å². The van der Waals surface area contributed by atoms with Crippen molar-refractivity contribution in [2.45, 2.75) is 70.6 Å². The number of cyclic esters (lactones) is 1. The van der Waals surface area contributed by atoms with Crippen molar-refractivity contribution in [1.82, 2.24) is 9.80 Å². The van der Waals surface area contributed by atoms with Crippen molar-refractivity contribution < 1.29 is 50.2 Å². The minimum absolute atomic E-state index is 0.0234. The minimum atomic E-state index is -5.07. The number of nitrogens with zero attached hydrogens (tertiary/aromatic N) is 2. The van der Waals surface area contributed by atoms with Crippen LogP contribution >= 0.6 is 0 Å². The zero-order valence-corrected chi connectivity index (χ0v) is 20.0. The summed E-state index contributed by atoms with van der Waals surface area (Å²) in [6.45, 7) is 6.97. The zero-order valence-electron chi connectivity index (χ0n) is 20.0. The summed E-state index contributed by atoms with van der Waals surface area (Å²) in [5.74, 6) is -1.01. The van der Waals surface area contributed by atoms with Gasteiger partial charge in [0.2, 0.25) is 5.91 Å². The molecule has 0 saturated carbocycles. The molecule has 1 aromatic carbocycles. The summed E-state index contributed by atoms with van der Waals surface area (Å²) < 4.78 is 89.7. The summed E-state index contributed by atoms with van der Waals surface area (Å²) in [6.07, 6.45) is -13.1. The molecule has 2 aliphatic rings. The van der Waals surface area contributed by atoms with Gasteiger partial charge in [-0.2, -0.15) is 26.3 Å². The normalized spacial score (nSPS) is 23.2. The first kappa shape index (κ1) is 27.6. The van der Waals surface area contributed by atoms with Crippen molar-refractivity contribution in [2.75, 3.05) is 13.1 Å². The molecule has 36 heavy (non-hydrogen) atoms. The van der Waals surface area contributed by atoms with Crippen LogP contribution in [0.25, 0.3) is 0 Å². The van der Waals surface area contributed by atoms with E-state index in [9.17, 15) is 40.7 Å². The topological polar surface area (TPSA) is 76.2 Å². The number of likely N-dealkylation sites (tertiary alicyclic amines) is 1. The first-order valence-electron chi connectivity index (χ1n) is 11.2. The highest BCUT2D eigenvalue weighted by Crippen LogP contribution is 2.41. The molecule has 2 fully saturated rings. The monoisotopic (exact) mass is 524 g/mol. The molecular formula is C23H26F6N2O5. The van der Waals surface area contributed by atoms with Crippen LogP contribution in [0.15, 0.2) is 18.2 Å². The van der Waals surface area contributed by atoms with Gasteiger partial charge in [-0.25, -0.2) is 14.5 Å². The third-order valence-corrected chi connectivity index (χ3v) is 5.88. The van der Waals surface area contributed by atoms with Gasteiger partial charge in [0.15, 0.2) is 0 Å². The maximum Gasteiger partial charge on any atom is 0.417 e. The van der Waals surface area contributed by atoms with Gasteiger partial charge >= 0.3 is 24.5 Å². The van der Waals surface area contributed by atoms with Gasteiger partial charge in [0.1, 0.15) is 11.7 Å². The van der Waals surface area contributed by atoms with Crippen molar-refractivity contribution >= 4 is 18.1 Å². The maximum absolute atomic E-state index is 13.2. The van der Waals surface area contributed by atoms with E-state index >= 15 is 0 Å². The highest BCUT2D eigenvalue weighted by Gasteiger charge is 2.46. The number of ether oxygens (including phenoxy) is 2. The van der Waals surface area contributed by atoms with Crippen LogP contribution in [0.3, 0.4) is 0 Å². The van der Waals surface area contributed by atoms with Crippen LogP contribution in [-0.4, -0.2) is 52.6 Å². The van der Waals surface area contributed by atoms with E-state index in [1.807, 2.05) is 0 Å². The van der Waals surface area contributed by atoms with Gasteiger partial charge in [-0.05, 0) is 63.8 Å². The van der Waals surface area contributed by atoms with Gasteiger partial charge in [0.05, 0.1) is 17.2 Å². The zero-order chi connectivity index (χ0) is 27.2. The largest absolute Gasteiger partial charge is 0.444 e. The predicted molar refractivity (Wildman–Crippen MR) is 113 cm³/mol. The number of hydrogen-bond acceptors (Lipinski definition) is 5. The SMILES string of the molecule is C[C@H]1[C@@H](c2cc(C(F)(F)F)cc(C(F)(F)F)c2)OC(=O)N1C(=O)C[C@H]1CCN(C(=O)OC(C)(C)C)C1. The molecule has 3 atom stereocenters. The second-order valence-electron chi connectivity index (χ2n) is 9.93. The standard InChI is InChI=1S/C23H26F6N2O5/c1-12-18(14-8-15(22(24,25)26)10-16(9-14)23(27,28)29)35-20(34)31(12)17(32)7-13-5-6-30(11-13)19(33)36-21(2,3)4/h8-10,12-13,18H,5-7,11H2,1-4H3/t12-,13+,18-/m0/s1. The molecule has 2 saturated heterocycles. The van der Waals surface area contributed by atoms with Crippen LogP contribution in [0.5, 0.6) is 0 Å². The number of amides is 3.